The lowest BCUT2D eigenvalue weighted by atomic mass is 9.92. The van der Waals surface area contributed by atoms with E-state index in [9.17, 15) is 0 Å². The first-order valence-corrected chi connectivity index (χ1v) is 4.85. The molecule has 0 spiro atoms. The van der Waals surface area contributed by atoms with Crippen LogP contribution in [0.2, 0.25) is 0 Å². The number of alkyl halides is 1. The van der Waals surface area contributed by atoms with Crippen molar-refractivity contribution in [1.82, 2.24) is 6.15 Å². The van der Waals surface area contributed by atoms with Crippen LogP contribution in [0.3, 0.4) is 0 Å². The van der Waals surface area contributed by atoms with Crippen LogP contribution in [-0.2, 0) is 0 Å². The molecule has 2 atom stereocenters. The van der Waals surface area contributed by atoms with Crippen molar-refractivity contribution in [3.63, 3.8) is 0 Å². The molecule has 4 heteroatoms. The highest BCUT2D eigenvalue weighted by molar-refractivity contribution is 6.18. The first-order valence-electron chi connectivity index (χ1n) is 4.32. The zero-order valence-corrected chi connectivity index (χ0v) is 10.4. The lowest BCUT2D eigenvalue weighted by molar-refractivity contribution is 0.172. The minimum absolute atomic E-state index is 0. The Kier molecular flexibility index (Phi) is 15.6. The summed E-state index contributed by atoms with van der Waals surface area (Å²) in [6.07, 6.45) is 1.60. The number of aliphatic hydroxyl groups is 1. The summed E-state index contributed by atoms with van der Waals surface area (Å²) >= 11 is 5.47. The van der Waals surface area contributed by atoms with Gasteiger partial charge in [0.15, 0.2) is 0 Å². The van der Waals surface area contributed by atoms with Gasteiger partial charge in [-0.3, -0.25) is 0 Å². The van der Waals surface area contributed by atoms with Crippen molar-refractivity contribution in [2.75, 3.05) is 5.88 Å². The molecule has 13 heavy (non-hydrogen) atoms. The van der Waals surface area contributed by atoms with Gasteiger partial charge in [-0.1, -0.05) is 20.8 Å². The van der Waals surface area contributed by atoms with Gasteiger partial charge in [0.25, 0.3) is 0 Å². The van der Waals surface area contributed by atoms with Crippen molar-refractivity contribution in [1.29, 1.82) is 0 Å². The SMILES string of the molecule is CC(C)C(C)CCC(O)CCl.Cl.N. The van der Waals surface area contributed by atoms with E-state index in [4.69, 9.17) is 16.7 Å². The Hall–Kier alpha value is 0.500. The normalized spacial score (nSPS) is 14.3. The van der Waals surface area contributed by atoms with Crippen LogP contribution in [0.15, 0.2) is 0 Å². The molecule has 2 nitrogen and oxygen atoms in total. The molecule has 0 aromatic heterocycles. The highest BCUT2D eigenvalue weighted by Crippen LogP contribution is 2.17. The summed E-state index contributed by atoms with van der Waals surface area (Å²) in [6, 6.07) is 0. The summed E-state index contributed by atoms with van der Waals surface area (Å²) in [7, 11) is 0. The van der Waals surface area contributed by atoms with Crippen molar-refractivity contribution >= 4 is 24.0 Å². The smallest absolute Gasteiger partial charge is 0.0675 e. The van der Waals surface area contributed by atoms with E-state index in [0.717, 1.165) is 12.8 Å². The highest BCUT2D eigenvalue weighted by Gasteiger charge is 2.09. The second-order valence-corrected chi connectivity index (χ2v) is 3.92. The molecule has 0 bridgehead atoms. The third-order valence-corrected chi connectivity index (χ3v) is 2.63. The minimum Gasteiger partial charge on any atom is -0.392 e. The molecule has 0 radical (unpaired) electrons. The van der Waals surface area contributed by atoms with Crippen LogP contribution in [0.4, 0.5) is 0 Å². The molecule has 2 unspecified atom stereocenters. The fraction of sp³-hybridized carbons (Fsp3) is 1.00. The van der Waals surface area contributed by atoms with Crippen molar-refractivity contribution in [3.8, 4) is 0 Å². The Labute approximate surface area is 93.0 Å². The zero-order valence-electron chi connectivity index (χ0n) is 8.79. The van der Waals surface area contributed by atoms with E-state index in [1.54, 1.807) is 0 Å². The predicted octanol–water partition coefficient (Wildman–Crippen LogP) is 3.24. The Balaban J connectivity index is -0.000000500. The van der Waals surface area contributed by atoms with Gasteiger partial charge in [0, 0.05) is 5.88 Å². The third-order valence-electron chi connectivity index (χ3n) is 2.27. The van der Waals surface area contributed by atoms with Gasteiger partial charge in [-0.15, -0.1) is 24.0 Å². The van der Waals surface area contributed by atoms with Gasteiger partial charge in [-0.25, -0.2) is 0 Å². The van der Waals surface area contributed by atoms with E-state index in [-0.39, 0.29) is 24.7 Å². The molecule has 84 valence electrons. The average molecular weight is 232 g/mol. The summed E-state index contributed by atoms with van der Waals surface area (Å²) in [6.45, 7) is 6.63. The summed E-state index contributed by atoms with van der Waals surface area (Å²) < 4.78 is 0. The molecular formula is C9H23Cl2NO. The van der Waals surface area contributed by atoms with Gasteiger partial charge in [0.1, 0.15) is 0 Å². The van der Waals surface area contributed by atoms with Crippen LogP contribution in [0, 0.1) is 11.8 Å². The molecule has 0 saturated carbocycles. The zero-order chi connectivity index (χ0) is 8.85. The van der Waals surface area contributed by atoms with Gasteiger partial charge in [-0.05, 0) is 24.7 Å². The number of halogens is 2. The van der Waals surface area contributed by atoms with E-state index in [0.29, 0.717) is 17.7 Å². The monoisotopic (exact) mass is 231 g/mol. The quantitative estimate of drug-likeness (QED) is 0.715. The summed E-state index contributed by atoms with van der Waals surface area (Å²) in [4.78, 5) is 0. The Morgan fingerprint density at radius 2 is 1.62 bits per heavy atom. The summed E-state index contributed by atoms with van der Waals surface area (Å²) in [5.74, 6) is 1.76. The number of hydrogen-bond acceptors (Lipinski definition) is 2. The van der Waals surface area contributed by atoms with Crippen LogP contribution in [0.1, 0.15) is 33.6 Å². The average Bonchev–Trinajstić information content (AvgIpc) is 1.99. The van der Waals surface area contributed by atoms with Crippen LogP contribution >= 0.6 is 24.0 Å². The summed E-state index contributed by atoms with van der Waals surface area (Å²) in [5, 5.41) is 9.16. The van der Waals surface area contributed by atoms with Gasteiger partial charge in [0.05, 0.1) is 6.10 Å². The fourth-order valence-electron chi connectivity index (χ4n) is 0.866. The molecule has 0 rings (SSSR count). The van der Waals surface area contributed by atoms with E-state index < -0.39 is 0 Å². The topological polar surface area (TPSA) is 55.2 Å². The van der Waals surface area contributed by atoms with Crippen LogP contribution in [0.25, 0.3) is 0 Å². The predicted molar refractivity (Wildman–Crippen MR) is 62.2 cm³/mol. The molecule has 0 heterocycles. The van der Waals surface area contributed by atoms with Crippen molar-refractivity contribution in [3.05, 3.63) is 0 Å². The Morgan fingerprint density at radius 3 is 1.92 bits per heavy atom. The first kappa shape index (κ1) is 19.1. The van der Waals surface area contributed by atoms with Crippen LogP contribution in [-0.4, -0.2) is 17.1 Å². The first-order chi connectivity index (χ1) is 5.07. The third kappa shape index (κ3) is 10.4. The Morgan fingerprint density at radius 1 is 1.15 bits per heavy atom. The van der Waals surface area contributed by atoms with Gasteiger partial charge in [0.2, 0.25) is 0 Å². The van der Waals surface area contributed by atoms with Gasteiger partial charge >= 0.3 is 0 Å². The minimum atomic E-state index is -0.308. The van der Waals surface area contributed by atoms with E-state index in [1.165, 1.54) is 0 Å². The van der Waals surface area contributed by atoms with Gasteiger partial charge < -0.3 is 11.3 Å². The van der Waals surface area contributed by atoms with Crippen molar-refractivity contribution in [2.45, 2.75) is 39.7 Å². The van der Waals surface area contributed by atoms with Crippen molar-refractivity contribution in [2.24, 2.45) is 11.8 Å². The molecule has 0 amide bonds. The number of hydrogen-bond donors (Lipinski definition) is 2. The molecule has 4 N–H and O–H groups in total. The molecule has 0 aromatic carbocycles. The fourth-order valence-corrected chi connectivity index (χ4v) is 1.02. The van der Waals surface area contributed by atoms with Crippen molar-refractivity contribution < 1.29 is 5.11 Å². The standard InChI is InChI=1S/C9H19ClO.ClH.H3N/c1-7(2)8(3)4-5-9(11)6-10;;/h7-9,11H,4-6H2,1-3H3;1H;1H3. The maximum absolute atomic E-state index is 9.16. The van der Waals surface area contributed by atoms with E-state index >= 15 is 0 Å². The van der Waals surface area contributed by atoms with Crippen LogP contribution < -0.4 is 6.15 Å². The highest BCUT2D eigenvalue weighted by atomic mass is 35.5. The second kappa shape index (κ2) is 10.6. The molecule has 0 aromatic rings. The lowest BCUT2D eigenvalue weighted by Gasteiger charge is -2.16. The lowest BCUT2D eigenvalue weighted by Crippen LogP contribution is -2.12. The Bertz CT molecular complexity index is 102. The molecule has 0 fully saturated rings. The molecular weight excluding hydrogens is 209 g/mol. The number of aliphatic hydroxyl groups excluding tert-OH is 1. The second-order valence-electron chi connectivity index (χ2n) is 3.61. The summed E-state index contributed by atoms with van der Waals surface area (Å²) in [5.41, 5.74) is 0. The maximum Gasteiger partial charge on any atom is 0.0675 e. The number of rotatable bonds is 5. The molecule has 0 saturated heterocycles. The van der Waals surface area contributed by atoms with E-state index in [1.807, 2.05) is 0 Å². The van der Waals surface area contributed by atoms with Crippen LogP contribution in [0.5, 0.6) is 0 Å². The van der Waals surface area contributed by atoms with E-state index in [2.05, 4.69) is 20.8 Å². The molecule has 0 aliphatic heterocycles. The molecule has 0 aliphatic rings. The maximum atomic E-state index is 9.16. The largest absolute Gasteiger partial charge is 0.392 e. The molecule has 0 aliphatic carbocycles. The van der Waals surface area contributed by atoms with Gasteiger partial charge in [-0.2, -0.15) is 0 Å².